The first-order valence-electron chi connectivity index (χ1n) is 8.55. The lowest BCUT2D eigenvalue weighted by Crippen LogP contribution is -2.47. The highest BCUT2D eigenvalue weighted by molar-refractivity contribution is 7.93. The first-order valence-corrected chi connectivity index (χ1v) is 10.0. The monoisotopic (exact) mass is 357 g/mol. The molecular weight excluding hydrogens is 334 g/mol. The number of anilines is 1. The molecule has 1 fully saturated rings. The van der Waals surface area contributed by atoms with Crippen LogP contribution in [0, 0.1) is 13.8 Å². The van der Waals surface area contributed by atoms with Crippen molar-refractivity contribution in [1.29, 1.82) is 0 Å². The Labute approximate surface area is 149 Å². The first-order chi connectivity index (χ1) is 11.9. The summed E-state index contributed by atoms with van der Waals surface area (Å²) in [6.07, 6.45) is 2.21. The largest absolute Gasteiger partial charge is 0.325 e. The van der Waals surface area contributed by atoms with E-state index in [2.05, 4.69) is 5.32 Å². The third-order valence-corrected chi connectivity index (χ3v) is 7.67. The Balaban J connectivity index is 1.97. The summed E-state index contributed by atoms with van der Waals surface area (Å²) in [5, 5.41) is 2.85. The average Bonchev–Trinajstić information content (AvgIpc) is 3.11. The molecule has 0 radical (unpaired) electrons. The molecule has 0 bridgehead atoms. The second kappa shape index (κ2) is 6.64. The van der Waals surface area contributed by atoms with Gasteiger partial charge in [-0.15, -0.1) is 0 Å². The van der Waals surface area contributed by atoms with Crippen LogP contribution in [0.5, 0.6) is 0 Å². The van der Waals surface area contributed by atoms with Crippen LogP contribution in [0.2, 0.25) is 0 Å². The molecule has 0 aliphatic heterocycles. The molecule has 0 saturated heterocycles. The summed E-state index contributed by atoms with van der Waals surface area (Å²) in [4.78, 5) is 13.3. The minimum atomic E-state index is -3.75. The van der Waals surface area contributed by atoms with Gasteiger partial charge in [-0.25, -0.2) is 8.42 Å². The Bertz CT molecular complexity index is 882. The van der Waals surface area contributed by atoms with Gasteiger partial charge in [-0.05, 0) is 62.1 Å². The maximum absolute atomic E-state index is 13.2. The third kappa shape index (κ3) is 3.09. The van der Waals surface area contributed by atoms with E-state index in [0.717, 1.165) is 24.0 Å². The second-order valence-electron chi connectivity index (χ2n) is 6.77. The Morgan fingerprint density at radius 3 is 2.20 bits per heavy atom. The average molecular weight is 357 g/mol. The Kier molecular flexibility index (Phi) is 4.69. The Hall–Kier alpha value is -2.14. The SMILES string of the molecule is Cc1ccc(NC(=O)C2(S(=O)(=O)c3ccccc3)CCCC2)cc1C. The fourth-order valence-corrected chi connectivity index (χ4v) is 5.54. The van der Waals surface area contributed by atoms with Crippen LogP contribution in [-0.2, 0) is 14.6 Å². The molecular formula is C20H23NO3S. The van der Waals surface area contributed by atoms with Crippen molar-refractivity contribution in [3.63, 3.8) is 0 Å². The number of carbonyl (C=O) groups is 1. The fourth-order valence-electron chi connectivity index (χ4n) is 3.45. The van der Waals surface area contributed by atoms with Gasteiger partial charge in [-0.2, -0.15) is 0 Å². The van der Waals surface area contributed by atoms with Crippen molar-refractivity contribution in [2.45, 2.75) is 49.2 Å². The highest BCUT2D eigenvalue weighted by Crippen LogP contribution is 2.41. The molecule has 0 atom stereocenters. The topological polar surface area (TPSA) is 63.2 Å². The minimum Gasteiger partial charge on any atom is -0.325 e. The summed E-state index contributed by atoms with van der Waals surface area (Å²) in [7, 11) is -3.75. The van der Waals surface area contributed by atoms with Gasteiger partial charge in [-0.3, -0.25) is 4.79 Å². The minimum absolute atomic E-state index is 0.215. The van der Waals surface area contributed by atoms with Crippen molar-refractivity contribution >= 4 is 21.4 Å². The normalized spacial score (nSPS) is 16.6. The van der Waals surface area contributed by atoms with E-state index in [1.807, 2.05) is 32.0 Å². The van der Waals surface area contributed by atoms with Crippen molar-refractivity contribution in [3.8, 4) is 0 Å². The second-order valence-corrected chi connectivity index (χ2v) is 9.03. The molecule has 1 aliphatic carbocycles. The summed E-state index contributed by atoms with van der Waals surface area (Å²) in [6.45, 7) is 3.97. The number of hydrogen-bond acceptors (Lipinski definition) is 3. The lowest BCUT2D eigenvalue weighted by Gasteiger charge is -2.27. The predicted octanol–water partition coefficient (Wildman–Crippen LogP) is 4.03. The molecule has 0 unspecified atom stereocenters. The van der Waals surface area contributed by atoms with Gasteiger partial charge < -0.3 is 5.32 Å². The van der Waals surface area contributed by atoms with E-state index in [9.17, 15) is 13.2 Å². The summed E-state index contributed by atoms with van der Waals surface area (Å²) in [6, 6.07) is 13.9. The molecule has 1 N–H and O–H groups in total. The van der Waals surface area contributed by atoms with Crippen LogP contribution in [0.1, 0.15) is 36.8 Å². The quantitative estimate of drug-likeness (QED) is 0.898. The molecule has 3 rings (SSSR count). The zero-order chi connectivity index (χ0) is 18.1. The number of aryl methyl sites for hydroxylation is 2. The Morgan fingerprint density at radius 2 is 1.60 bits per heavy atom. The molecule has 25 heavy (non-hydrogen) atoms. The van der Waals surface area contributed by atoms with E-state index >= 15 is 0 Å². The van der Waals surface area contributed by atoms with Crippen LogP contribution in [0.15, 0.2) is 53.4 Å². The van der Waals surface area contributed by atoms with Gasteiger partial charge in [0.15, 0.2) is 14.6 Å². The molecule has 0 heterocycles. The van der Waals surface area contributed by atoms with Gasteiger partial charge in [0, 0.05) is 5.69 Å². The predicted molar refractivity (Wildman–Crippen MR) is 99.4 cm³/mol. The number of amides is 1. The van der Waals surface area contributed by atoms with Gasteiger partial charge >= 0.3 is 0 Å². The standard InChI is InChI=1S/C20H23NO3S/c1-15-10-11-17(14-16(15)2)21-19(22)20(12-6-7-13-20)25(23,24)18-8-4-3-5-9-18/h3-5,8-11,14H,6-7,12-13H2,1-2H3,(H,21,22). The molecule has 2 aromatic rings. The lowest BCUT2D eigenvalue weighted by molar-refractivity contribution is -0.118. The van der Waals surface area contributed by atoms with Crippen LogP contribution in [-0.4, -0.2) is 19.1 Å². The van der Waals surface area contributed by atoms with Gasteiger partial charge in [0.05, 0.1) is 4.90 Å². The molecule has 1 saturated carbocycles. The number of sulfone groups is 1. The number of rotatable bonds is 4. The van der Waals surface area contributed by atoms with Gasteiger partial charge in [0.25, 0.3) is 0 Å². The molecule has 4 nitrogen and oxygen atoms in total. The lowest BCUT2D eigenvalue weighted by atomic mass is 10.1. The highest BCUT2D eigenvalue weighted by atomic mass is 32.2. The highest BCUT2D eigenvalue weighted by Gasteiger charge is 2.52. The maximum Gasteiger partial charge on any atom is 0.246 e. The first kappa shape index (κ1) is 17.7. The van der Waals surface area contributed by atoms with Crippen molar-refractivity contribution in [1.82, 2.24) is 0 Å². The molecule has 0 spiro atoms. The molecule has 1 aliphatic rings. The van der Waals surface area contributed by atoms with E-state index in [-0.39, 0.29) is 4.90 Å². The summed E-state index contributed by atoms with van der Waals surface area (Å²) < 4.78 is 25.1. The van der Waals surface area contributed by atoms with Crippen LogP contribution >= 0.6 is 0 Å². The van der Waals surface area contributed by atoms with Crippen LogP contribution in [0.3, 0.4) is 0 Å². The van der Waals surface area contributed by atoms with E-state index < -0.39 is 20.5 Å². The van der Waals surface area contributed by atoms with Crippen molar-refractivity contribution in [2.75, 3.05) is 5.32 Å². The van der Waals surface area contributed by atoms with Crippen LogP contribution in [0.25, 0.3) is 0 Å². The van der Waals surface area contributed by atoms with Crippen molar-refractivity contribution in [3.05, 3.63) is 59.7 Å². The summed E-state index contributed by atoms with van der Waals surface area (Å²) in [5.74, 6) is -0.419. The Morgan fingerprint density at radius 1 is 0.960 bits per heavy atom. The van der Waals surface area contributed by atoms with E-state index in [1.165, 1.54) is 0 Å². The van der Waals surface area contributed by atoms with Crippen LogP contribution in [0.4, 0.5) is 5.69 Å². The number of carbonyl (C=O) groups excluding carboxylic acids is 1. The fraction of sp³-hybridized carbons (Fsp3) is 0.350. The number of benzene rings is 2. The summed E-state index contributed by atoms with van der Waals surface area (Å²) in [5.41, 5.74) is 2.83. The smallest absolute Gasteiger partial charge is 0.246 e. The molecule has 132 valence electrons. The third-order valence-electron chi connectivity index (χ3n) is 5.16. The number of hydrogen-bond donors (Lipinski definition) is 1. The number of nitrogens with one attached hydrogen (secondary N) is 1. The molecule has 2 aromatic carbocycles. The van der Waals surface area contributed by atoms with Crippen molar-refractivity contribution < 1.29 is 13.2 Å². The van der Waals surface area contributed by atoms with E-state index in [0.29, 0.717) is 18.5 Å². The van der Waals surface area contributed by atoms with Gasteiger partial charge in [-0.1, -0.05) is 37.1 Å². The summed E-state index contributed by atoms with van der Waals surface area (Å²) >= 11 is 0. The molecule has 1 amide bonds. The van der Waals surface area contributed by atoms with Gasteiger partial charge in [0.2, 0.25) is 5.91 Å². The molecule has 5 heteroatoms. The van der Waals surface area contributed by atoms with Crippen LogP contribution < -0.4 is 5.32 Å². The van der Waals surface area contributed by atoms with E-state index in [4.69, 9.17) is 0 Å². The van der Waals surface area contributed by atoms with E-state index in [1.54, 1.807) is 30.3 Å². The zero-order valence-corrected chi connectivity index (χ0v) is 15.4. The van der Waals surface area contributed by atoms with Gasteiger partial charge in [0.1, 0.15) is 0 Å². The zero-order valence-electron chi connectivity index (χ0n) is 14.6. The molecule has 0 aromatic heterocycles. The van der Waals surface area contributed by atoms with Crippen molar-refractivity contribution in [2.24, 2.45) is 0 Å². The maximum atomic E-state index is 13.2.